The van der Waals surface area contributed by atoms with Crippen LogP contribution in [0.3, 0.4) is 0 Å². The Hall–Kier alpha value is -1.56. The minimum Gasteiger partial charge on any atom is -0.444 e. The molecule has 0 spiro atoms. The molecule has 6 nitrogen and oxygen atoms in total. The second kappa shape index (κ2) is 7.34. The van der Waals surface area contributed by atoms with Gasteiger partial charge in [-0.05, 0) is 45.6 Å². The molecule has 1 aromatic rings. The van der Waals surface area contributed by atoms with Gasteiger partial charge in [0, 0.05) is 32.9 Å². The fourth-order valence-electron chi connectivity index (χ4n) is 2.69. The Balaban J connectivity index is 1.92. The van der Waals surface area contributed by atoms with Crippen molar-refractivity contribution < 1.29 is 9.53 Å². The van der Waals surface area contributed by atoms with Crippen molar-refractivity contribution in [2.45, 2.75) is 39.2 Å². The van der Waals surface area contributed by atoms with E-state index in [2.05, 4.69) is 9.97 Å². The van der Waals surface area contributed by atoms with E-state index >= 15 is 0 Å². The summed E-state index contributed by atoms with van der Waals surface area (Å²) in [5, 5.41) is 0.431. The second-order valence-corrected chi connectivity index (χ2v) is 7.38. The zero-order valence-electron chi connectivity index (χ0n) is 14.3. The van der Waals surface area contributed by atoms with E-state index in [1.807, 2.05) is 32.7 Å². The number of carbonyl (C=O) groups excluding carboxylic acids is 1. The largest absolute Gasteiger partial charge is 0.444 e. The number of rotatable bonds is 3. The lowest BCUT2D eigenvalue weighted by atomic mass is 9.98. The average Bonchev–Trinajstić information content (AvgIpc) is 2.45. The molecule has 0 radical (unpaired) electrons. The number of piperidine rings is 1. The number of ether oxygens (including phenoxy) is 1. The summed E-state index contributed by atoms with van der Waals surface area (Å²) >= 11 is 5.91. The first-order chi connectivity index (χ1) is 10.7. The molecule has 1 fully saturated rings. The van der Waals surface area contributed by atoms with Gasteiger partial charge in [-0.2, -0.15) is 0 Å². The van der Waals surface area contributed by atoms with Crippen molar-refractivity contribution in [3.8, 4) is 0 Å². The van der Waals surface area contributed by atoms with Crippen molar-refractivity contribution in [2.24, 2.45) is 5.92 Å². The van der Waals surface area contributed by atoms with Crippen LogP contribution in [0.15, 0.2) is 12.3 Å². The van der Waals surface area contributed by atoms with Gasteiger partial charge in [0.1, 0.15) is 10.8 Å². The van der Waals surface area contributed by atoms with Crippen LogP contribution in [0.1, 0.15) is 33.6 Å². The second-order valence-electron chi connectivity index (χ2n) is 6.99. The summed E-state index contributed by atoms with van der Waals surface area (Å²) in [5.74, 6) is 0.968. The molecular formula is C16H25ClN4O2. The lowest BCUT2D eigenvalue weighted by Crippen LogP contribution is -2.45. The van der Waals surface area contributed by atoms with Crippen LogP contribution in [-0.4, -0.2) is 53.2 Å². The number of anilines is 1. The van der Waals surface area contributed by atoms with Gasteiger partial charge in [0.25, 0.3) is 0 Å². The van der Waals surface area contributed by atoms with Crippen molar-refractivity contribution in [1.29, 1.82) is 0 Å². The van der Waals surface area contributed by atoms with Crippen molar-refractivity contribution in [1.82, 2.24) is 14.9 Å². The maximum atomic E-state index is 12.2. The number of carbonyl (C=O) groups is 1. The van der Waals surface area contributed by atoms with E-state index in [0.717, 1.165) is 25.9 Å². The van der Waals surface area contributed by atoms with Crippen LogP contribution in [0.4, 0.5) is 10.7 Å². The zero-order chi connectivity index (χ0) is 17.0. The first-order valence-corrected chi connectivity index (χ1v) is 8.30. The van der Waals surface area contributed by atoms with Crippen molar-refractivity contribution >= 4 is 23.6 Å². The van der Waals surface area contributed by atoms with E-state index in [-0.39, 0.29) is 6.09 Å². The highest BCUT2D eigenvalue weighted by atomic mass is 35.5. The quantitative estimate of drug-likeness (QED) is 0.791. The monoisotopic (exact) mass is 340 g/mol. The molecule has 7 heteroatoms. The van der Waals surface area contributed by atoms with Gasteiger partial charge < -0.3 is 14.5 Å². The van der Waals surface area contributed by atoms with Gasteiger partial charge in [-0.1, -0.05) is 11.6 Å². The average molecular weight is 341 g/mol. The predicted molar refractivity (Wildman–Crippen MR) is 90.8 cm³/mol. The summed E-state index contributed by atoms with van der Waals surface area (Å²) in [5.41, 5.74) is -0.463. The van der Waals surface area contributed by atoms with Crippen LogP contribution in [0.2, 0.25) is 5.15 Å². The van der Waals surface area contributed by atoms with E-state index in [4.69, 9.17) is 16.3 Å². The molecule has 128 valence electrons. The van der Waals surface area contributed by atoms with Crippen LogP contribution in [0, 0.1) is 5.92 Å². The molecule has 0 N–H and O–H groups in total. The van der Waals surface area contributed by atoms with E-state index in [1.54, 1.807) is 17.2 Å². The molecule has 1 aliphatic rings. The van der Waals surface area contributed by atoms with E-state index < -0.39 is 5.60 Å². The predicted octanol–water partition coefficient (Wildman–Crippen LogP) is 3.21. The van der Waals surface area contributed by atoms with Crippen molar-refractivity contribution in [2.75, 3.05) is 31.6 Å². The smallest absolute Gasteiger partial charge is 0.410 e. The van der Waals surface area contributed by atoms with Crippen LogP contribution >= 0.6 is 11.6 Å². The van der Waals surface area contributed by atoms with Gasteiger partial charge in [-0.3, -0.25) is 0 Å². The number of halogens is 1. The lowest BCUT2D eigenvalue weighted by molar-refractivity contribution is 0.0170. The van der Waals surface area contributed by atoms with Crippen LogP contribution in [0.5, 0.6) is 0 Å². The molecule has 1 atom stereocenters. The normalized spacial score (nSPS) is 18.7. The molecule has 0 unspecified atom stereocenters. The Bertz CT molecular complexity index is 547. The van der Waals surface area contributed by atoms with Crippen LogP contribution < -0.4 is 4.90 Å². The summed E-state index contributed by atoms with van der Waals surface area (Å²) in [4.78, 5) is 24.4. The Morgan fingerprint density at radius 1 is 1.52 bits per heavy atom. The highest BCUT2D eigenvalue weighted by Crippen LogP contribution is 2.21. The summed E-state index contributed by atoms with van der Waals surface area (Å²) in [6.07, 6.45) is 3.47. The molecule has 1 amide bonds. The standard InChI is InChI=1S/C16H25ClN4O2/c1-16(2,3)23-15(22)21-9-5-6-12(11-21)10-20(4)14-18-8-7-13(17)19-14/h7-8,12H,5-6,9-11H2,1-4H3/t12-/m1/s1. The van der Waals surface area contributed by atoms with Crippen LogP contribution in [0.25, 0.3) is 0 Å². The van der Waals surface area contributed by atoms with Crippen molar-refractivity contribution in [3.63, 3.8) is 0 Å². The summed E-state index contributed by atoms with van der Waals surface area (Å²) in [7, 11) is 1.94. The third kappa shape index (κ3) is 5.53. The number of aromatic nitrogens is 2. The lowest BCUT2D eigenvalue weighted by Gasteiger charge is -2.35. The highest BCUT2D eigenvalue weighted by Gasteiger charge is 2.28. The van der Waals surface area contributed by atoms with E-state index in [0.29, 0.717) is 23.6 Å². The molecule has 0 aromatic carbocycles. The van der Waals surface area contributed by atoms with Gasteiger partial charge in [0.2, 0.25) is 5.95 Å². The minimum atomic E-state index is -0.463. The van der Waals surface area contributed by atoms with E-state index in [9.17, 15) is 4.79 Å². The molecule has 1 saturated heterocycles. The molecule has 0 bridgehead atoms. The SMILES string of the molecule is CN(C[C@H]1CCCN(C(=O)OC(C)(C)C)C1)c1nccc(Cl)n1. The molecular weight excluding hydrogens is 316 g/mol. The maximum absolute atomic E-state index is 12.2. The third-order valence-corrected chi connectivity index (χ3v) is 3.86. The Labute approximate surface area is 142 Å². The van der Waals surface area contributed by atoms with Gasteiger partial charge in [0.15, 0.2) is 0 Å². The molecule has 1 aromatic heterocycles. The van der Waals surface area contributed by atoms with Crippen molar-refractivity contribution in [3.05, 3.63) is 17.4 Å². The molecule has 2 heterocycles. The number of nitrogens with zero attached hydrogens (tertiary/aromatic N) is 4. The summed E-state index contributed by atoms with van der Waals surface area (Å²) in [6.45, 7) is 7.88. The van der Waals surface area contributed by atoms with E-state index in [1.165, 1.54) is 0 Å². The fraction of sp³-hybridized carbons (Fsp3) is 0.688. The summed E-state index contributed by atoms with van der Waals surface area (Å²) < 4.78 is 5.46. The topological polar surface area (TPSA) is 58.6 Å². The third-order valence-electron chi connectivity index (χ3n) is 3.65. The first-order valence-electron chi connectivity index (χ1n) is 7.92. The molecule has 23 heavy (non-hydrogen) atoms. The zero-order valence-corrected chi connectivity index (χ0v) is 15.0. The Morgan fingerprint density at radius 3 is 2.91 bits per heavy atom. The minimum absolute atomic E-state index is 0.233. The Kier molecular flexibility index (Phi) is 5.68. The van der Waals surface area contributed by atoms with Gasteiger partial charge in [-0.15, -0.1) is 0 Å². The first kappa shape index (κ1) is 17.8. The van der Waals surface area contributed by atoms with Gasteiger partial charge in [-0.25, -0.2) is 14.8 Å². The molecule has 1 aliphatic heterocycles. The molecule has 0 saturated carbocycles. The van der Waals surface area contributed by atoms with Gasteiger partial charge >= 0.3 is 6.09 Å². The molecule has 0 aliphatic carbocycles. The summed E-state index contributed by atoms with van der Waals surface area (Å²) in [6, 6.07) is 1.66. The number of hydrogen-bond acceptors (Lipinski definition) is 5. The Morgan fingerprint density at radius 2 is 2.26 bits per heavy atom. The fourth-order valence-corrected chi connectivity index (χ4v) is 2.82. The number of amides is 1. The maximum Gasteiger partial charge on any atom is 0.410 e. The number of hydrogen-bond donors (Lipinski definition) is 0. The van der Waals surface area contributed by atoms with Crippen LogP contribution in [-0.2, 0) is 4.74 Å². The number of likely N-dealkylation sites (tertiary alicyclic amines) is 1. The van der Waals surface area contributed by atoms with Gasteiger partial charge in [0.05, 0.1) is 0 Å². The molecule has 2 rings (SSSR count). The highest BCUT2D eigenvalue weighted by molar-refractivity contribution is 6.29.